The van der Waals surface area contributed by atoms with Gasteiger partial charge in [-0.05, 0) is 53.0 Å². The number of nitrogens with zero attached hydrogens (tertiary/aromatic N) is 1. The lowest BCUT2D eigenvalue weighted by molar-refractivity contribution is -0.123. The lowest BCUT2D eigenvalue weighted by atomic mass is 10.0. The highest BCUT2D eigenvalue weighted by Gasteiger charge is 2.32. The molecule has 2 aliphatic rings. The van der Waals surface area contributed by atoms with Crippen molar-refractivity contribution >= 4 is 5.91 Å². The molecule has 1 heterocycles. The van der Waals surface area contributed by atoms with E-state index in [2.05, 4.69) is 15.5 Å². The third-order valence-electron chi connectivity index (χ3n) is 3.79. The number of amides is 1. The zero-order valence-electron chi connectivity index (χ0n) is 12.7. The van der Waals surface area contributed by atoms with E-state index < -0.39 is 0 Å². The van der Waals surface area contributed by atoms with Gasteiger partial charge in [-0.1, -0.05) is 6.42 Å². The molecule has 1 aliphatic heterocycles. The molecule has 0 aromatic heterocycles. The highest BCUT2D eigenvalue weighted by atomic mass is 16.2. The fourth-order valence-electron chi connectivity index (χ4n) is 2.79. The molecule has 2 rings (SSSR count). The largest absolute Gasteiger partial charge is 0.350 e. The van der Waals surface area contributed by atoms with E-state index in [0.29, 0.717) is 18.6 Å². The molecule has 0 aromatic rings. The summed E-state index contributed by atoms with van der Waals surface area (Å²) in [7, 11) is 0. The number of nitrogens with one attached hydrogen (secondary N) is 2. The first-order valence-electron chi connectivity index (χ1n) is 7.72. The second kappa shape index (κ2) is 6.23. The predicted octanol–water partition coefficient (Wildman–Crippen LogP) is 1.51. The van der Waals surface area contributed by atoms with Crippen molar-refractivity contribution in [2.45, 2.75) is 70.5 Å². The van der Waals surface area contributed by atoms with Gasteiger partial charge >= 0.3 is 0 Å². The van der Waals surface area contributed by atoms with Gasteiger partial charge in [0.15, 0.2) is 0 Å². The van der Waals surface area contributed by atoms with Gasteiger partial charge in [0.2, 0.25) is 5.91 Å². The van der Waals surface area contributed by atoms with Crippen LogP contribution in [0.5, 0.6) is 0 Å². The van der Waals surface area contributed by atoms with E-state index in [4.69, 9.17) is 0 Å². The molecule has 1 saturated heterocycles. The maximum Gasteiger partial charge on any atom is 0.234 e. The molecular weight excluding hydrogens is 238 g/mol. The first-order chi connectivity index (χ1) is 8.94. The number of piperidine rings is 1. The van der Waals surface area contributed by atoms with E-state index in [-0.39, 0.29) is 11.4 Å². The van der Waals surface area contributed by atoms with Gasteiger partial charge in [0.25, 0.3) is 0 Å². The Hall–Kier alpha value is -0.610. The van der Waals surface area contributed by atoms with Crippen LogP contribution in [0.2, 0.25) is 0 Å². The van der Waals surface area contributed by atoms with Gasteiger partial charge in [0.05, 0.1) is 6.54 Å². The molecular formula is C15H29N3O. The van der Waals surface area contributed by atoms with Crippen LogP contribution in [-0.2, 0) is 4.79 Å². The van der Waals surface area contributed by atoms with E-state index in [9.17, 15) is 4.79 Å². The van der Waals surface area contributed by atoms with Gasteiger partial charge < -0.3 is 10.6 Å². The maximum atomic E-state index is 12.1. The second-order valence-corrected chi connectivity index (χ2v) is 7.11. The van der Waals surface area contributed by atoms with Gasteiger partial charge in [-0.2, -0.15) is 0 Å². The number of carbonyl (C=O) groups excluding carboxylic acids is 1. The van der Waals surface area contributed by atoms with Crippen LogP contribution in [-0.4, -0.2) is 48.1 Å². The fraction of sp³-hybridized carbons (Fsp3) is 0.933. The summed E-state index contributed by atoms with van der Waals surface area (Å²) in [6.45, 7) is 8.83. The minimum atomic E-state index is -0.130. The molecule has 19 heavy (non-hydrogen) atoms. The zero-order chi connectivity index (χ0) is 13.9. The Morgan fingerprint density at radius 2 is 2.00 bits per heavy atom. The quantitative estimate of drug-likeness (QED) is 0.793. The van der Waals surface area contributed by atoms with Crippen molar-refractivity contribution in [2.24, 2.45) is 0 Å². The van der Waals surface area contributed by atoms with Crippen LogP contribution < -0.4 is 10.6 Å². The molecule has 0 bridgehead atoms. The Labute approximate surface area is 117 Å². The van der Waals surface area contributed by atoms with Crippen LogP contribution in [0.1, 0.15) is 52.9 Å². The van der Waals surface area contributed by atoms with E-state index >= 15 is 0 Å². The summed E-state index contributed by atoms with van der Waals surface area (Å²) in [5, 5.41) is 6.65. The molecule has 1 unspecified atom stereocenters. The van der Waals surface area contributed by atoms with Crippen molar-refractivity contribution in [1.82, 2.24) is 15.5 Å². The fourth-order valence-corrected chi connectivity index (χ4v) is 2.79. The number of hydrogen-bond acceptors (Lipinski definition) is 3. The van der Waals surface area contributed by atoms with Gasteiger partial charge in [-0.15, -0.1) is 0 Å². The average Bonchev–Trinajstić information content (AvgIpc) is 3.10. The summed E-state index contributed by atoms with van der Waals surface area (Å²) in [5.74, 6) is 0.162. The Morgan fingerprint density at radius 3 is 2.53 bits per heavy atom. The molecule has 0 spiro atoms. The molecule has 4 nitrogen and oxygen atoms in total. The van der Waals surface area contributed by atoms with Crippen molar-refractivity contribution in [3.05, 3.63) is 0 Å². The third-order valence-corrected chi connectivity index (χ3v) is 3.79. The van der Waals surface area contributed by atoms with Crippen molar-refractivity contribution in [2.75, 3.05) is 19.6 Å². The standard InChI is InChI=1S/C15H29N3O/c1-15(2,3)17-14(19)11-18(13-7-8-13)10-12-6-4-5-9-16-12/h12-13,16H,4-11H2,1-3H3,(H,17,19). The topological polar surface area (TPSA) is 44.4 Å². The zero-order valence-corrected chi connectivity index (χ0v) is 12.7. The lowest BCUT2D eigenvalue weighted by Gasteiger charge is -2.31. The van der Waals surface area contributed by atoms with Crippen molar-refractivity contribution in [3.63, 3.8) is 0 Å². The Bertz CT molecular complexity index is 301. The molecule has 0 radical (unpaired) electrons. The summed E-state index contributed by atoms with van der Waals surface area (Å²) >= 11 is 0. The van der Waals surface area contributed by atoms with Crippen molar-refractivity contribution in [1.29, 1.82) is 0 Å². The summed E-state index contributed by atoms with van der Waals surface area (Å²) < 4.78 is 0. The summed E-state index contributed by atoms with van der Waals surface area (Å²) in [4.78, 5) is 14.4. The van der Waals surface area contributed by atoms with E-state index in [1.165, 1.54) is 32.1 Å². The SMILES string of the molecule is CC(C)(C)NC(=O)CN(CC1CCCCN1)C1CC1. The van der Waals surface area contributed by atoms with Crippen LogP contribution in [0.4, 0.5) is 0 Å². The maximum absolute atomic E-state index is 12.1. The molecule has 4 heteroatoms. The molecule has 2 fully saturated rings. The van der Waals surface area contributed by atoms with E-state index in [0.717, 1.165) is 13.1 Å². The summed E-state index contributed by atoms with van der Waals surface area (Å²) in [6, 6.07) is 1.23. The average molecular weight is 267 g/mol. The molecule has 1 saturated carbocycles. The summed E-state index contributed by atoms with van der Waals surface area (Å²) in [6.07, 6.45) is 6.39. The molecule has 1 aliphatic carbocycles. The normalized spacial score (nSPS) is 24.5. The van der Waals surface area contributed by atoms with Crippen molar-refractivity contribution in [3.8, 4) is 0 Å². The monoisotopic (exact) mass is 267 g/mol. The molecule has 1 amide bonds. The van der Waals surface area contributed by atoms with Crippen LogP contribution in [0.15, 0.2) is 0 Å². The highest BCUT2D eigenvalue weighted by molar-refractivity contribution is 5.78. The number of rotatable bonds is 5. The molecule has 110 valence electrons. The van der Waals surface area contributed by atoms with E-state index in [1.807, 2.05) is 20.8 Å². The highest BCUT2D eigenvalue weighted by Crippen LogP contribution is 2.27. The van der Waals surface area contributed by atoms with Gasteiger partial charge in [-0.25, -0.2) is 0 Å². The number of hydrogen-bond donors (Lipinski definition) is 2. The van der Waals surface area contributed by atoms with Crippen LogP contribution >= 0.6 is 0 Å². The Morgan fingerprint density at radius 1 is 1.26 bits per heavy atom. The van der Waals surface area contributed by atoms with Crippen LogP contribution in [0.25, 0.3) is 0 Å². The van der Waals surface area contributed by atoms with Crippen molar-refractivity contribution < 1.29 is 4.79 Å². The molecule has 1 atom stereocenters. The van der Waals surface area contributed by atoms with Gasteiger partial charge in [-0.3, -0.25) is 9.69 Å². The first-order valence-corrected chi connectivity index (χ1v) is 7.72. The predicted molar refractivity (Wildman–Crippen MR) is 78.1 cm³/mol. The number of carbonyl (C=O) groups is 1. The van der Waals surface area contributed by atoms with E-state index in [1.54, 1.807) is 0 Å². The molecule has 2 N–H and O–H groups in total. The van der Waals surface area contributed by atoms with Gasteiger partial charge in [0, 0.05) is 24.2 Å². The molecule has 0 aromatic carbocycles. The van der Waals surface area contributed by atoms with Gasteiger partial charge in [0.1, 0.15) is 0 Å². The minimum Gasteiger partial charge on any atom is -0.350 e. The second-order valence-electron chi connectivity index (χ2n) is 7.11. The Balaban J connectivity index is 1.80. The van der Waals surface area contributed by atoms with Crippen LogP contribution in [0, 0.1) is 0 Å². The minimum absolute atomic E-state index is 0.130. The van der Waals surface area contributed by atoms with Crippen LogP contribution in [0.3, 0.4) is 0 Å². The third kappa shape index (κ3) is 5.49. The Kier molecular flexibility index (Phi) is 4.85. The lowest BCUT2D eigenvalue weighted by Crippen LogP contribution is -2.50. The first kappa shape index (κ1) is 14.8. The summed E-state index contributed by atoms with van der Waals surface area (Å²) in [5.41, 5.74) is -0.130. The smallest absolute Gasteiger partial charge is 0.234 e.